The molecule has 0 bridgehead atoms. The monoisotopic (exact) mass is 701 g/mol. The molecule has 0 radical (unpaired) electrons. The molecular formula is C41H46F3N3O4. The zero-order valence-electron chi connectivity index (χ0n) is 30.0. The number of halogens is 3. The van der Waals surface area contributed by atoms with Crippen molar-refractivity contribution in [2.24, 2.45) is 5.92 Å². The van der Waals surface area contributed by atoms with Crippen molar-refractivity contribution in [2.75, 3.05) is 32.1 Å². The van der Waals surface area contributed by atoms with Gasteiger partial charge < -0.3 is 20.1 Å². The molecule has 0 unspecified atom stereocenters. The summed E-state index contributed by atoms with van der Waals surface area (Å²) in [7, 11) is 2.01. The van der Waals surface area contributed by atoms with Gasteiger partial charge in [-0.25, -0.2) is 0 Å². The van der Waals surface area contributed by atoms with Crippen LogP contribution in [0, 0.1) is 26.7 Å². The summed E-state index contributed by atoms with van der Waals surface area (Å²) >= 11 is 0. The molecule has 2 N–H and O–H groups in total. The number of anilines is 1. The Balaban J connectivity index is 1.36. The van der Waals surface area contributed by atoms with Gasteiger partial charge in [0.25, 0.3) is 5.91 Å². The minimum Gasteiger partial charge on any atom is -0.486 e. The molecule has 1 aliphatic rings. The average molecular weight is 702 g/mol. The van der Waals surface area contributed by atoms with Crippen molar-refractivity contribution in [1.29, 1.82) is 0 Å². The highest BCUT2D eigenvalue weighted by molar-refractivity contribution is 6.02. The number of amides is 2. The van der Waals surface area contributed by atoms with E-state index in [1.165, 1.54) is 39.9 Å². The fourth-order valence-electron chi connectivity index (χ4n) is 6.85. The van der Waals surface area contributed by atoms with Gasteiger partial charge in [-0.05, 0) is 92.4 Å². The predicted octanol–water partition coefficient (Wildman–Crippen LogP) is 7.83. The number of para-hydroxylation sites is 1. The Labute approximate surface area is 298 Å². The van der Waals surface area contributed by atoms with Gasteiger partial charge >= 0.3 is 6.18 Å². The largest absolute Gasteiger partial charge is 0.486 e. The second-order valence-electron chi connectivity index (χ2n) is 13.9. The van der Waals surface area contributed by atoms with Gasteiger partial charge in [-0.1, -0.05) is 67.1 Å². The van der Waals surface area contributed by atoms with Gasteiger partial charge in [0.15, 0.2) is 5.75 Å². The SMILES string of the molecule is Cc1cc(C)c(-c2ccc(CN(C)C[C@H]3Oc4c(NC(=O)Cc5ccc(C(F)(F)F)cc5)cccc4C(=O)N([C@@H](C)CO)C[C@H]3C)cc2)c(C)c1. The lowest BCUT2D eigenvalue weighted by atomic mass is 9.93. The van der Waals surface area contributed by atoms with E-state index >= 15 is 0 Å². The molecule has 4 aromatic carbocycles. The molecule has 1 aliphatic heterocycles. The zero-order valence-corrected chi connectivity index (χ0v) is 30.0. The Morgan fingerprint density at radius 1 is 1.00 bits per heavy atom. The zero-order chi connectivity index (χ0) is 37.0. The first kappa shape index (κ1) is 37.6. The Kier molecular flexibility index (Phi) is 11.6. The molecule has 270 valence electrons. The van der Waals surface area contributed by atoms with Gasteiger partial charge in [0.2, 0.25) is 5.91 Å². The minimum atomic E-state index is -4.47. The third-order valence-corrected chi connectivity index (χ3v) is 9.47. The maximum atomic E-state index is 13.9. The smallest absolute Gasteiger partial charge is 0.416 e. The summed E-state index contributed by atoms with van der Waals surface area (Å²) in [5.74, 6) is -0.730. The number of alkyl halides is 3. The number of fused-ring (bicyclic) bond motifs is 1. The number of hydrogen-bond donors (Lipinski definition) is 2. The highest BCUT2D eigenvalue weighted by Crippen LogP contribution is 2.36. The lowest BCUT2D eigenvalue weighted by molar-refractivity contribution is -0.137. The number of nitrogens with zero attached hydrogens (tertiary/aromatic N) is 2. The van der Waals surface area contributed by atoms with Crippen LogP contribution in [0.15, 0.2) is 78.9 Å². The summed E-state index contributed by atoms with van der Waals surface area (Å²) in [5, 5.41) is 12.9. The van der Waals surface area contributed by atoms with Crippen molar-refractivity contribution in [1.82, 2.24) is 9.80 Å². The lowest BCUT2D eigenvalue weighted by Gasteiger charge is -2.38. The molecule has 3 atom stereocenters. The van der Waals surface area contributed by atoms with Gasteiger partial charge in [-0.2, -0.15) is 13.2 Å². The van der Waals surface area contributed by atoms with E-state index in [4.69, 9.17) is 4.74 Å². The Morgan fingerprint density at radius 3 is 2.24 bits per heavy atom. The molecule has 0 saturated carbocycles. The standard InChI is InChI=1S/C41H46F3N3O4/c1-25-18-26(2)38(27(3)19-25)32-14-10-31(11-15-32)22-46(6)23-36-28(4)21-47(29(5)24-48)40(50)34-8-7-9-35(39(34)51-36)45-37(49)20-30-12-16-33(17-13-30)41(42,43)44/h7-19,28-29,36,48H,20-24H2,1-6H3,(H,45,49)/t28-,29+,36-/m1/s1. The summed E-state index contributed by atoms with van der Waals surface area (Å²) in [4.78, 5) is 30.8. The quantitative estimate of drug-likeness (QED) is 0.176. The average Bonchev–Trinajstić information content (AvgIpc) is 3.06. The van der Waals surface area contributed by atoms with Crippen LogP contribution in [0.2, 0.25) is 0 Å². The first-order valence-electron chi connectivity index (χ1n) is 17.2. The van der Waals surface area contributed by atoms with Crippen LogP contribution in [0.4, 0.5) is 18.9 Å². The molecule has 1 heterocycles. The highest BCUT2D eigenvalue weighted by atomic mass is 19.4. The summed E-state index contributed by atoms with van der Waals surface area (Å²) in [6.45, 7) is 11.4. The molecule has 4 aromatic rings. The number of aryl methyl sites for hydroxylation is 3. The Hall–Kier alpha value is -4.67. The summed E-state index contributed by atoms with van der Waals surface area (Å²) in [6.07, 6.45) is -5.05. The van der Waals surface area contributed by atoms with E-state index in [0.717, 1.165) is 17.7 Å². The van der Waals surface area contributed by atoms with Crippen molar-refractivity contribution in [3.05, 3.63) is 118 Å². The van der Waals surface area contributed by atoms with Crippen LogP contribution in [0.25, 0.3) is 11.1 Å². The van der Waals surface area contributed by atoms with E-state index in [1.807, 2.05) is 14.0 Å². The van der Waals surface area contributed by atoms with Crippen LogP contribution in [0.3, 0.4) is 0 Å². The molecule has 5 rings (SSSR count). The molecule has 51 heavy (non-hydrogen) atoms. The number of likely N-dealkylation sites (N-methyl/N-ethyl adjacent to an activating group) is 1. The Bertz CT molecular complexity index is 1830. The van der Waals surface area contributed by atoms with E-state index in [9.17, 15) is 27.9 Å². The van der Waals surface area contributed by atoms with E-state index in [1.54, 1.807) is 30.0 Å². The molecule has 0 aromatic heterocycles. The van der Waals surface area contributed by atoms with Crippen LogP contribution in [-0.2, 0) is 23.9 Å². The molecule has 0 saturated heterocycles. The number of hydrogen-bond acceptors (Lipinski definition) is 5. The first-order chi connectivity index (χ1) is 24.1. The van der Waals surface area contributed by atoms with Crippen molar-refractivity contribution in [2.45, 2.75) is 65.9 Å². The van der Waals surface area contributed by atoms with Crippen LogP contribution in [0.5, 0.6) is 5.75 Å². The predicted molar refractivity (Wildman–Crippen MR) is 194 cm³/mol. The van der Waals surface area contributed by atoms with Crippen LogP contribution in [0.1, 0.15) is 57.6 Å². The molecular weight excluding hydrogens is 655 g/mol. The van der Waals surface area contributed by atoms with Gasteiger partial charge in [-0.15, -0.1) is 0 Å². The number of aliphatic hydroxyl groups is 1. The van der Waals surface area contributed by atoms with E-state index in [-0.39, 0.29) is 41.9 Å². The molecule has 0 aliphatic carbocycles. The highest BCUT2D eigenvalue weighted by Gasteiger charge is 2.35. The van der Waals surface area contributed by atoms with Crippen LogP contribution >= 0.6 is 0 Å². The van der Waals surface area contributed by atoms with E-state index in [0.29, 0.717) is 25.2 Å². The third kappa shape index (κ3) is 8.98. The van der Waals surface area contributed by atoms with Gasteiger partial charge in [0.1, 0.15) is 6.10 Å². The maximum absolute atomic E-state index is 13.9. The fraction of sp³-hybridized carbons (Fsp3) is 0.366. The lowest BCUT2D eigenvalue weighted by Crippen LogP contribution is -2.49. The molecule has 0 fully saturated rings. The third-order valence-electron chi connectivity index (χ3n) is 9.47. The van der Waals surface area contributed by atoms with E-state index < -0.39 is 29.8 Å². The van der Waals surface area contributed by atoms with Gasteiger partial charge in [0.05, 0.1) is 35.9 Å². The number of carbonyl (C=O) groups excluding carboxylic acids is 2. The molecule has 10 heteroatoms. The number of carbonyl (C=O) groups is 2. The Morgan fingerprint density at radius 2 is 1.63 bits per heavy atom. The van der Waals surface area contributed by atoms with Crippen LogP contribution in [-0.4, -0.2) is 65.6 Å². The number of benzene rings is 4. The number of nitrogens with one attached hydrogen (secondary N) is 1. The van der Waals surface area contributed by atoms with E-state index in [2.05, 4.69) is 67.4 Å². The van der Waals surface area contributed by atoms with Crippen molar-refractivity contribution in [3.8, 4) is 16.9 Å². The molecule has 7 nitrogen and oxygen atoms in total. The second kappa shape index (κ2) is 15.7. The minimum absolute atomic E-state index is 0.149. The second-order valence-corrected chi connectivity index (χ2v) is 13.9. The van der Waals surface area contributed by atoms with Gasteiger partial charge in [0, 0.05) is 25.6 Å². The molecule has 2 amide bonds. The number of rotatable bonds is 10. The van der Waals surface area contributed by atoms with Crippen molar-refractivity contribution in [3.63, 3.8) is 0 Å². The maximum Gasteiger partial charge on any atom is 0.416 e. The topological polar surface area (TPSA) is 82.1 Å². The van der Waals surface area contributed by atoms with Crippen molar-refractivity contribution >= 4 is 17.5 Å². The first-order valence-corrected chi connectivity index (χ1v) is 17.2. The normalized spacial score (nSPS) is 17.0. The fourth-order valence-corrected chi connectivity index (χ4v) is 6.85. The summed E-state index contributed by atoms with van der Waals surface area (Å²) in [6, 6.07) is 21.9. The summed E-state index contributed by atoms with van der Waals surface area (Å²) in [5.41, 5.74) is 7.42. The number of ether oxygens (including phenoxy) is 1. The number of aliphatic hydroxyl groups excluding tert-OH is 1. The van der Waals surface area contributed by atoms with Crippen molar-refractivity contribution < 1.29 is 32.6 Å². The van der Waals surface area contributed by atoms with Crippen LogP contribution < -0.4 is 10.1 Å². The summed E-state index contributed by atoms with van der Waals surface area (Å²) < 4.78 is 45.8. The molecule has 0 spiro atoms. The van der Waals surface area contributed by atoms with Gasteiger partial charge in [-0.3, -0.25) is 14.5 Å².